The molecule has 3 aromatic carbocycles. The van der Waals surface area contributed by atoms with Gasteiger partial charge < -0.3 is 44.1 Å². The molecule has 0 bridgehead atoms. The van der Waals surface area contributed by atoms with Gasteiger partial charge in [0.2, 0.25) is 0 Å². The van der Waals surface area contributed by atoms with Crippen LogP contribution in [0.25, 0.3) is 34.2 Å². The van der Waals surface area contributed by atoms with Crippen LogP contribution in [0.1, 0.15) is 98.8 Å². The number of aliphatic carboxylic acids is 1. The summed E-state index contributed by atoms with van der Waals surface area (Å²) < 4.78 is 27.4. The molecule has 1 atom stereocenters. The van der Waals surface area contributed by atoms with Crippen molar-refractivity contribution in [2.75, 3.05) is 26.4 Å². The molecule has 61 heavy (non-hydrogen) atoms. The third kappa shape index (κ3) is 16.1. The SMILES string of the molecule is CC(C)CCCCCOC(=O)CCOc1ccc(-c2nc(-c3ccc(OCCC(=O)OCCCCCC(C)C)cc3O)nc(-c3ccc(OC(C)C(=O)O)cc3O)n2)c(O)c1. The third-order valence-electron chi connectivity index (χ3n) is 9.45. The van der Waals surface area contributed by atoms with Gasteiger partial charge in [-0.25, -0.2) is 19.7 Å². The number of benzene rings is 3. The number of unbranched alkanes of at least 4 members (excludes halogenated alkanes) is 4. The van der Waals surface area contributed by atoms with Crippen molar-refractivity contribution in [2.24, 2.45) is 11.8 Å². The fourth-order valence-corrected chi connectivity index (χ4v) is 6.03. The smallest absolute Gasteiger partial charge is 0.344 e. The third-order valence-corrected chi connectivity index (χ3v) is 9.45. The molecule has 0 saturated carbocycles. The van der Waals surface area contributed by atoms with Gasteiger partial charge in [-0.3, -0.25) is 9.59 Å². The highest BCUT2D eigenvalue weighted by Crippen LogP contribution is 2.38. The zero-order chi connectivity index (χ0) is 44.3. The molecular weight excluding hydrogens is 787 g/mol. The van der Waals surface area contributed by atoms with E-state index in [1.54, 1.807) is 12.1 Å². The van der Waals surface area contributed by atoms with Crippen molar-refractivity contribution in [3.8, 4) is 68.7 Å². The molecule has 0 fully saturated rings. The van der Waals surface area contributed by atoms with Crippen molar-refractivity contribution in [3.63, 3.8) is 0 Å². The molecule has 0 aliphatic carbocycles. The maximum absolute atomic E-state index is 12.2. The number of esters is 2. The Kier molecular flexibility index (Phi) is 18.9. The van der Waals surface area contributed by atoms with E-state index in [2.05, 4.69) is 42.6 Å². The van der Waals surface area contributed by atoms with Gasteiger partial charge in [-0.05, 0) is 68.0 Å². The van der Waals surface area contributed by atoms with Crippen molar-refractivity contribution in [1.82, 2.24) is 15.0 Å². The van der Waals surface area contributed by atoms with E-state index in [4.69, 9.17) is 23.7 Å². The Hall–Kier alpha value is -6.12. The molecule has 0 aliphatic heterocycles. The minimum absolute atomic E-state index is 0.0237. The first-order chi connectivity index (χ1) is 29.2. The number of aromatic hydroxyl groups is 3. The summed E-state index contributed by atoms with van der Waals surface area (Å²) in [4.78, 5) is 49.4. The Balaban J connectivity index is 1.49. The highest BCUT2D eigenvalue weighted by atomic mass is 16.5. The van der Waals surface area contributed by atoms with E-state index in [-0.39, 0.29) is 107 Å². The maximum atomic E-state index is 12.2. The first-order valence-electron chi connectivity index (χ1n) is 20.9. The standard InChI is InChI=1S/C46H59N3O12/c1-29(2)12-8-6-10-22-59-41(53)20-24-57-32-14-17-35(38(50)26-32)43-47-44(49-45(48-43)37-19-16-34(28-40(37)52)61-31(5)46(55)56)36-18-15-33(27-39(36)51)58-25-21-42(54)60-23-11-7-9-13-30(3)4/h14-19,26-31,50-52H,6-13,20-25H2,1-5H3,(H,55,56). The lowest BCUT2D eigenvalue weighted by atomic mass is 10.1. The Morgan fingerprint density at radius 3 is 1.26 bits per heavy atom. The number of rotatable bonds is 26. The van der Waals surface area contributed by atoms with Crippen LogP contribution in [0.2, 0.25) is 0 Å². The average molecular weight is 846 g/mol. The van der Waals surface area contributed by atoms with Crippen LogP contribution < -0.4 is 14.2 Å². The number of phenols is 3. The largest absolute Gasteiger partial charge is 0.507 e. The van der Waals surface area contributed by atoms with E-state index >= 15 is 0 Å². The van der Waals surface area contributed by atoms with Gasteiger partial charge in [-0.1, -0.05) is 66.2 Å². The summed E-state index contributed by atoms with van der Waals surface area (Å²) in [6.07, 6.45) is 6.94. The fourth-order valence-electron chi connectivity index (χ4n) is 6.03. The lowest BCUT2D eigenvalue weighted by Crippen LogP contribution is -2.22. The molecule has 330 valence electrons. The number of carboxylic acids is 1. The van der Waals surface area contributed by atoms with Crippen molar-refractivity contribution in [2.45, 2.75) is 105 Å². The number of hydrogen-bond acceptors (Lipinski definition) is 14. The first kappa shape index (κ1) is 47.6. The summed E-state index contributed by atoms with van der Waals surface area (Å²) in [5, 5.41) is 42.6. The van der Waals surface area contributed by atoms with Crippen LogP contribution in [0.4, 0.5) is 0 Å². The van der Waals surface area contributed by atoms with E-state index < -0.39 is 12.1 Å². The summed E-state index contributed by atoms with van der Waals surface area (Å²) in [6.45, 7) is 10.8. The van der Waals surface area contributed by atoms with E-state index in [0.29, 0.717) is 25.0 Å². The summed E-state index contributed by atoms with van der Waals surface area (Å²) in [7, 11) is 0. The van der Waals surface area contributed by atoms with Crippen LogP contribution in [0.5, 0.6) is 34.5 Å². The molecule has 4 aromatic rings. The summed E-state index contributed by atoms with van der Waals surface area (Å²) in [6, 6.07) is 13.0. The van der Waals surface area contributed by atoms with Crippen molar-refractivity contribution >= 4 is 17.9 Å². The molecule has 15 nitrogen and oxygen atoms in total. The van der Waals surface area contributed by atoms with Gasteiger partial charge in [0.1, 0.15) is 34.5 Å². The van der Waals surface area contributed by atoms with Gasteiger partial charge in [0.25, 0.3) is 0 Å². The molecule has 0 amide bonds. The molecule has 1 unspecified atom stereocenters. The highest BCUT2D eigenvalue weighted by molar-refractivity contribution is 5.75. The summed E-state index contributed by atoms with van der Waals surface area (Å²) >= 11 is 0. The topological polar surface area (TPSA) is 217 Å². The molecule has 0 aliphatic rings. The zero-order valence-electron chi connectivity index (χ0n) is 35.7. The Labute approximate surface area is 357 Å². The minimum atomic E-state index is -1.19. The number of aromatic nitrogens is 3. The van der Waals surface area contributed by atoms with Crippen LogP contribution >= 0.6 is 0 Å². The van der Waals surface area contributed by atoms with Gasteiger partial charge >= 0.3 is 17.9 Å². The molecule has 4 rings (SSSR count). The maximum Gasteiger partial charge on any atom is 0.344 e. The number of phenolic OH excluding ortho intramolecular Hbond substituents is 3. The van der Waals surface area contributed by atoms with Crippen molar-refractivity contribution in [1.29, 1.82) is 0 Å². The highest BCUT2D eigenvalue weighted by Gasteiger charge is 2.21. The number of ether oxygens (including phenoxy) is 5. The first-order valence-corrected chi connectivity index (χ1v) is 20.9. The van der Waals surface area contributed by atoms with Gasteiger partial charge in [0.15, 0.2) is 23.6 Å². The normalized spacial score (nSPS) is 11.7. The Bertz CT molecular complexity index is 1950. The average Bonchev–Trinajstić information content (AvgIpc) is 3.20. The van der Waals surface area contributed by atoms with Gasteiger partial charge in [-0.2, -0.15) is 0 Å². The van der Waals surface area contributed by atoms with Gasteiger partial charge in [-0.15, -0.1) is 0 Å². The van der Waals surface area contributed by atoms with Crippen molar-refractivity contribution < 1.29 is 58.5 Å². The number of carbonyl (C=O) groups is 3. The molecule has 0 spiro atoms. The second kappa shape index (κ2) is 24.2. The number of hydrogen-bond donors (Lipinski definition) is 4. The number of nitrogens with zero attached hydrogens (tertiary/aromatic N) is 3. The van der Waals surface area contributed by atoms with E-state index in [1.807, 2.05) is 0 Å². The predicted molar refractivity (Wildman–Crippen MR) is 228 cm³/mol. The Morgan fingerprint density at radius 2 is 0.902 bits per heavy atom. The lowest BCUT2D eigenvalue weighted by molar-refractivity contribution is -0.145. The van der Waals surface area contributed by atoms with E-state index in [9.17, 15) is 34.8 Å². The van der Waals surface area contributed by atoms with E-state index in [0.717, 1.165) is 51.4 Å². The van der Waals surface area contributed by atoms with Crippen molar-refractivity contribution in [3.05, 3.63) is 54.6 Å². The number of carboxylic acid groups (broad SMARTS) is 1. The Morgan fingerprint density at radius 1 is 0.525 bits per heavy atom. The van der Waals surface area contributed by atoms with Gasteiger partial charge in [0.05, 0.1) is 56.0 Å². The quantitative estimate of drug-likeness (QED) is 0.0343. The van der Waals surface area contributed by atoms with Crippen LogP contribution in [0.3, 0.4) is 0 Å². The summed E-state index contributed by atoms with van der Waals surface area (Å²) in [5.74, 6) is -0.996. The lowest BCUT2D eigenvalue weighted by Gasteiger charge is -2.14. The number of carbonyl (C=O) groups excluding carboxylic acids is 2. The minimum Gasteiger partial charge on any atom is -0.507 e. The molecular formula is C46H59N3O12. The fraction of sp³-hybridized carbons (Fsp3) is 0.478. The zero-order valence-corrected chi connectivity index (χ0v) is 35.7. The molecule has 1 aromatic heterocycles. The second-order valence-corrected chi connectivity index (χ2v) is 15.6. The molecule has 4 N–H and O–H groups in total. The molecule has 0 radical (unpaired) electrons. The van der Waals surface area contributed by atoms with Crippen LogP contribution in [0, 0.1) is 11.8 Å². The monoisotopic (exact) mass is 845 g/mol. The molecule has 15 heteroatoms. The van der Waals surface area contributed by atoms with Crippen LogP contribution in [-0.4, -0.2) is 85.8 Å². The van der Waals surface area contributed by atoms with E-state index in [1.165, 1.54) is 49.4 Å². The van der Waals surface area contributed by atoms with Crippen LogP contribution in [0.15, 0.2) is 54.6 Å². The molecule has 0 saturated heterocycles. The predicted octanol–water partition coefficient (Wildman–Crippen LogP) is 8.90. The molecule has 1 heterocycles. The second-order valence-electron chi connectivity index (χ2n) is 15.6. The summed E-state index contributed by atoms with van der Waals surface area (Å²) in [5.41, 5.74) is 0.431. The van der Waals surface area contributed by atoms with Gasteiger partial charge in [0, 0.05) is 18.2 Å². The van der Waals surface area contributed by atoms with Crippen LogP contribution in [-0.2, 0) is 23.9 Å².